The topological polar surface area (TPSA) is 64.3 Å². The van der Waals surface area contributed by atoms with Crippen molar-refractivity contribution in [1.29, 1.82) is 0 Å². The fraction of sp³-hybridized carbons (Fsp3) is 0.357. The molecule has 1 amide bonds. The summed E-state index contributed by atoms with van der Waals surface area (Å²) in [5.74, 6) is 5.73. The Labute approximate surface area is 108 Å². The highest BCUT2D eigenvalue weighted by Gasteiger charge is 2.00. The lowest BCUT2D eigenvalue weighted by atomic mass is 10.2. The standard InChI is InChI=1S/C14H20N2O2/c1-2-7-12-8-3-4-9-13(12)18-11-6-5-10-14(17)16-15/h2-4,7-9H,5-6,10-11,15H2,1H3,(H,16,17). The van der Waals surface area contributed by atoms with E-state index in [2.05, 4.69) is 5.43 Å². The van der Waals surface area contributed by atoms with Crippen LogP contribution in [0.1, 0.15) is 31.7 Å². The van der Waals surface area contributed by atoms with Gasteiger partial charge in [0.1, 0.15) is 5.75 Å². The summed E-state index contributed by atoms with van der Waals surface area (Å²) in [7, 11) is 0. The largest absolute Gasteiger partial charge is 0.493 e. The molecule has 0 unspecified atom stereocenters. The highest BCUT2D eigenvalue weighted by Crippen LogP contribution is 2.19. The average Bonchev–Trinajstić information content (AvgIpc) is 2.40. The van der Waals surface area contributed by atoms with E-state index < -0.39 is 0 Å². The number of hydrazine groups is 1. The Balaban J connectivity index is 2.33. The summed E-state index contributed by atoms with van der Waals surface area (Å²) in [6.07, 6.45) is 6.04. The Kier molecular flexibility index (Phi) is 6.58. The van der Waals surface area contributed by atoms with Crippen molar-refractivity contribution < 1.29 is 9.53 Å². The normalized spacial score (nSPS) is 10.6. The van der Waals surface area contributed by atoms with Crippen LogP contribution < -0.4 is 16.0 Å². The fourth-order valence-electron chi connectivity index (χ4n) is 1.57. The van der Waals surface area contributed by atoms with E-state index in [4.69, 9.17) is 10.6 Å². The Morgan fingerprint density at radius 1 is 1.39 bits per heavy atom. The van der Waals surface area contributed by atoms with Gasteiger partial charge in [0.15, 0.2) is 0 Å². The first-order valence-electron chi connectivity index (χ1n) is 6.12. The number of para-hydroxylation sites is 1. The van der Waals surface area contributed by atoms with E-state index in [0.29, 0.717) is 13.0 Å². The van der Waals surface area contributed by atoms with Crippen molar-refractivity contribution in [2.75, 3.05) is 6.61 Å². The summed E-state index contributed by atoms with van der Waals surface area (Å²) in [6, 6.07) is 7.89. The minimum absolute atomic E-state index is 0.135. The lowest BCUT2D eigenvalue weighted by molar-refractivity contribution is -0.121. The lowest BCUT2D eigenvalue weighted by Crippen LogP contribution is -2.29. The molecular formula is C14H20N2O2. The van der Waals surface area contributed by atoms with Gasteiger partial charge in [-0.3, -0.25) is 10.2 Å². The zero-order valence-corrected chi connectivity index (χ0v) is 10.7. The molecule has 0 saturated carbocycles. The summed E-state index contributed by atoms with van der Waals surface area (Å²) >= 11 is 0. The number of unbranched alkanes of at least 4 members (excludes halogenated alkanes) is 1. The van der Waals surface area contributed by atoms with Crippen molar-refractivity contribution in [3.8, 4) is 5.75 Å². The highest BCUT2D eigenvalue weighted by atomic mass is 16.5. The van der Waals surface area contributed by atoms with Crippen molar-refractivity contribution in [3.05, 3.63) is 35.9 Å². The number of ether oxygens (including phenoxy) is 1. The van der Waals surface area contributed by atoms with Crippen molar-refractivity contribution >= 4 is 12.0 Å². The summed E-state index contributed by atoms with van der Waals surface area (Å²) in [6.45, 7) is 2.58. The van der Waals surface area contributed by atoms with Crippen LogP contribution >= 0.6 is 0 Å². The maximum atomic E-state index is 10.9. The van der Waals surface area contributed by atoms with Gasteiger partial charge >= 0.3 is 0 Å². The molecule has 3 N–H and O–H groups in total. The van der Waals surface area contributed by atoms with Crippen molar-refractivity contribution in [3.63, 3.8) is 0 Å². The number of nitrogens with two attached hydrogens (primary N) is 1. The van der Waals surface area contributed by atoms with E-state index >= 15 is 0 Å². The number of amides is 1. The number of hydrogen-bond acceptors (Lipinski definition) is 3. The maximum absolute atomic E-state index is 10.9. The van der Waals surface area contributed by atoms with Crippen LogP contribution in [0.5, 0.6) is 5.75 Å². The van der Waals surface area contributed by atoms with Gasteiger partial charge < -0.3 is 4.74 Å². The van der Waals surface area contributed by atoms with Crippen LogP contribution in [-0.2, 0) is 4.79 Å². The van der Waals surface area contributed by atoms with E-state index in [1.165, 1.54) is 0 Å². The van der Waals surface area contributed by atoms with Crippen molar-refractivity contribution in [1.82, 2.24) is 5.43 Å². The summed E-state index contributed by atoms with van der Waals surface area (Å²) < 4.78 is 5.69. The molecule has 0 aromatic heterocycles. The molecule has 0 aliphatic rings. The van der Waals surface area contributed by atoms with Crippen LogP contribution in [0.25, 0.3) is 6.08 Å². The van der Waals surface area contributed by atoms with Crippen LogP contribution in [0.2, 0.25) is 0 Å². The smallest absolute Gasteiger partial charge is 0.233 e. The van der Waals surface area contributed by atoms with Crippen LogP contribution in [0.3, 0.4) is 0 Å². The average molecular weight is 248 g/mol. The third-order valence-corrected chi connectivity index (χ3v) is 2.48. The van der Waals surface area contributed by atoms with Crippen LogP contribution in [-0.4, -0.2) is 12.5 Å². The van der Waals surface area contributed by atoms with E-state index in [9.17, 15) is 4.79 Å². The van der Waals surface area contributed by atoms with Crippen LogP contribution in [0.4, 0.5) is 0 Å². The Hall–Kier alpha value is -1.81. The molecule has 0 aliphatic carbocycles. The first-order chi connectivity index (χ1) is 8.77. The molecule has 4 nitrogen and oxygen atoms in total. The third kappa shape index (κ3) is 5.01. The first kappa shape index (κ1) is 14.3. The van der Waals surface area contributed by atoms with Gasteiger partial charge in [0.05, 0.1) is 6.61 Å². The maximum Gasteiger partial charge on any atom is 0.233 e. The monoisotopic (exact) mass is 248 g/mol. The molecule has 0 aliphatic heterocycles. The molecule has 0 spiro atoms. The Morgan fingerprint density at radius 3 is 2.89 bits per heavy atom. The van der Waals surface area contributed by atoms with Gasteiger partial charge in [-0.15, -0.1) is 0 Å². The molecular weight excluding hydrogens is 228 g/mol. The van der Waals surface area contributed by atoms with E-state index in [0.717, 1.165) is 24.2 Å². The Bertz CT molecular complexity index is 403. The molecule has 4 heteroatoms. The van der Waals surface area contributed by atoms with Gasteiger partial charge in [0, 0.05) is 12.0 Å². The molecule has 0 fully saturated rings. The molecule has 1 aromatic carbocycles. The summed E-state index contributed by atoms with van der Waals surface area (Å²) in [4.78, 5) is 10.9. The molecule has 1 rings (SSSR count). The second-order valence-corrected chi connectivity index (χ2v) is 3.91. The zero-order chi connectivity index (χ0) is 13.2. The SMILES string of the molecule is CC=Cc1ccccc1OCCCCC(=O)NN. The van der Waals surface area contributed by atoms with E-state index in [1.54, 1.807) is 0 Å². The number of rotatable bonds is 7. The van der Waals surface area contributed by atoms with E-state index in [-0.39, 0.29) is 5.91 Å². The van der Waals surface area contributed by atoms with Gasteiger partial charge in [0.25, 0.3) is 0 Å². The molecule has 0 saturated heterocycles. The zero-order valence-electron chi connectivity index (χ0n) is 10.7. The van der Waals surface area contributed by atoms with Gasteiger partial charge in [-0.05, 0) is 25.8 Å². The Morgan fingerprint density at radius 2 is 2.17 bits per heavy atom. The number of hydrogen-bond donors (Lipinski definition) is 2. The molecule has 0 bridgehead atoms. The summed E-state index contributed by atoms with van der Waals surface area (Å²) in [5, 5.41) is 0. The molecule has 98 valence electrons. The number of carbonyl (C=O) groups excluding carboxylic acids is 1. The quantitative estimate of drug-likeness (QED) is 0.337. The molecule has 0 radical (unpaired) electrons. The molecule has 1 aromatic rings. The lowest BCUT2D eigenvalue weighted by Gasteiger charge is -2.08. The third-order valence-electron chi connectivity index (χ3n) is 2.48. The minimum Gasteiger partial charge on any atom is -0.493 e. The number of carbonyl (C=O) groups is 1. The van der Waals surface area contributed by atoms with Crippen molar-refractivity contribution in [2.45, 2.75) is 26.2 Å². The van der Waals surface area contributed by atoms with Gasteiger partial charge in [-0.25, -0.2) is 5.84 Å². The van der Waals surface area contributed by atoms with Crippen LogP contribution in [0, 0.1) is 0 Å². The second kappa shape index (κ2) is 8.31. The van der Waals surface area contributed by atoms with Crippen LogP contribution in [0.15, 0.2) is 30.3 Å². The number of allylic oxidation sites excluding steroid dienone is 1. The molecule has 0 atom stereocenters. The fourth-order valence-corrected chi connectivity index (χ4v) is 1.57. The first-order valence-corrected chi connectivity index (χ1v) is 6.12. The van der Waals surface area contributed by atoms with Crippen molar-refractivity contribution in [2.24, 2.45) is 5.84 Å². The van der Waals surface area contributed by atoms with Gasteiger partial charge in [0.2, 0.25) is 5.91 Å². The predicted octanol–water partition coefficient (Wildman–Crippen LogP) is 2.26. The molecule has 0 heterocycles. The minimum atomic E-state index is -0.135. The molecule has 18 heavy (non-hydrogen) atoms. The summed E-state index contributed by atoms with van der Waals surface area (Å²) in [5.41, 5.74) is 3.18. The predicted molar refractivity (Wildman–Crippen MR) is 72.8 cm³/mol. The highest BCUT2D eigenvalue weighted by molar-refractivity contribution is 5.75. The number of benzene rings is 1. The second-order valence-electron chi connectivity index (χ2n) is 3.91. The number of nitrogens with one attached hydrogen (secondary N) is 1. The van der Waals surface area contributed by atoms with Gasteiger partial charge in [-0.1, -0.05) is 30.4 Å². The van der Waals surface area contributed by atoms with Gasteiger partial charge in [-0.2, -0.15) is 0 Å². The van der Waals surface area contributed by atoms with E-state index in [1.807, 2.05) is 43.3 Å².